The van der Waals surface area contributed by atoms with Gasteiger partial charge in [-0.05, 0) is 6.82 Å². The van der Waals surface area contributed by atoms with Gasteiger partial charge in [0.05, 0.1) is 6.33 Å². The zero-order valence-electron chi connectivity index (χ0n) is 7.62. The van der Waals surface area contributed by atoms with Crippen LogP contribution in [-0.2, 0) is 4.76 Å². The van der Waals surface area contributed by atoms with Gasteiger partial charge in [0, 0.05) is 12.4 Å². The van der Waals surface area contributed by atoms with Crippen molar-refractivity contribution in [1.82, 2.24) is 9.55 Å². The van der Waals surface area contributed by atoms with Gasteiger partial charge in [-0.1, -0.05) is 0 Å². The van der Waals surface area contributed by atoms with Crippen molar-refractivity contribution >= 4 is 26.3 Å². The van der Waals surface area contributed by atoms with Crippen molar-refractivity contribution < 1.29 is 9.55 Å². The quantitative estimate of drug-likeness (QED) is 0.294. The predicted molar refractivity (Wildman–Crippen MR) is 53.1 cm³/mol. The normalized spacial score (nSPS) is 11.4. The summed E-state index contributed by atoms with van der Waals surface area (Å²) >= 11 is 0. The molecule has 0 aromatic carbocycles. The molecule has 0 spiro atoms. The SMILES string of the molecule is [B]C(=O)/N=C(/B(C)ON)n1ccnc1. The first-order valence-electron chi connectivity index (χ1n) is 3.87. The number of hydrogen-bond donors (Lipinski definition) is 1. The molecule has 0 atom stereocenters. The highest BCUT2D eigenvalue weighted by atomic mass is 16.6. The third-order valence-electron chi connectivity index (χ3n) is 1.56. The Labute approximate surface area is 82.6 Å². The fraction of sp³-hybridized carbons (Fsp3) is 0.167. The second kappa shape index (κ2) is 4.73. The molecule has 2 radical (unpaired) electrons. The number of nitrogens with zero attached hydrogens (tertiary/aromatic N) is 3. The molecule has 0 saturated carbocycles. The summed E-state index contributed by atoms with van der Waals surface area (Å²) in [5, 5.41) is 0. The van der Waals surface area contributed by atoms with E-state index in [0.29, 0.717) is 0 Å². The highest BCUT2D eigenvalue weighted by Crippen LogP contribution is 1.94. The molecule has 2 N–H and O–H groups in total. The van der Waals surface area contributed by atoms with Gasteiger partial charge in [-0.15, -0.1) is 0 Å². The minimum absolute atomic E-state index is 0.289. The second-order valence-corrected chi connectivity index (χ2v) is 2.56. The maximum atomic E-state index is 10.6. The Hall–Kier alpha value is -1.40. The first-order valence-corrected chi connectivity index (χ1v) is 3.87. The summed E-state index contributed by atoms with van der Waals surface area (Å²) in [6, 6.07) is 0. The molecule has 0 unspecified atom stereocenters. The molecule has 0 saturated heterocycles. The number of rotatable bonds is 2. The van der Waals surface area contributed by atoms with Gasteiger partial charge in [-0.25, -0.2) is 15.9 Å². The number of hydrogen-bond acceptors (Lipinski definition) is 4. The number of aromatic nitrogens is 2. The third kappa shape index (κ3) is 2.54. The summed E-state index contributed by atoms with van der Waals surface area (Å²) in [6.07, 6.45) is 4.62. The molecule has 6 nitrogen and oxygen atoms in total. The number of nitrogens with two attached hydrogens (primary N) is 1. The Kier molecular flexibility index (Phi) is 3.61. The van der Waals surface area contributed by atoms with E-state index in [-0.39, 0.29) is 5.73 Å². The van der Waals surface area contributed by atoms with Gasteiger partial charge < -0.3 is 4.76 Å². The first-order chi connectivity index (χ1) is 6.65. The molecular formula is C6H8B2N4O2. The topological polar surface area (TPSA) is 82.5 Å². The lowest BCUT2D eigenvalue weighted by atomic mass is 9.69. The van der Waals surface area contributed by atoms with Crippen LogP contribution in [0.15, 0.2) is 23.7 Å². The van der Waals surface area contributed by atoms with Crippen molar-refractivity contribution in [3.05, 3.63) is 18.7 Å². The van der Waals surface area contributed by atoms with Crippen molar-refractivity contribution in [2.45, 2.75) is 6.82 Å². The molecular weight excluding hydrogens is 182 g/mol. The van der Waals surface area contributed by atoms with E-state index < -0.39 is 12.7 Å². The zero-order valence-corrected chi connectivity index (χ0v) is 7.62. The van der Waals surface area contributed by atoms with Crippen LogP contribution in [0.2, 0.25) is 6.82 Å². The number of amides is 1. The second-order valence-electron chi connectivity index (χ2n) is 2.56. The van der Waals surface area contributed by atoms with Crippen molar-refractivity contribution in [3.63, 3.8) is 0 Å². The molecule has 8 heteroatoms. The van der Waals surface area contributed by atoms with E-state index >= 15 is 0 Å². The molecule has 0 fully saturated rings. The van der Waals surface area contributed by atoms with E-state index in [1.807, 2.05) is 0 Å². The van der Waals surface area contributed by atoms with Crippen LogP contribution in [0.5, 0.6) is 0 Å². The molecule has 0 aliphatic carbocycles. The van der Waals surface area contributed by atoms with Crippen LogP contribution < -0.4 is 5.90 Å². The van der Waals surface area contributed by atoms with E-state index in [2.05, 4.69) is 14.7 Å². The van der Waals surface area contributed by atoms with Crippen molar-refractivity contribution in [1.29, 1.82) is 0 Å². The Bertz CT molecular complexity index is 338. The van der Waals surface area contributed by atoms with E-state index in [1.54, 1.807) is 19.2 Å². The van der Waals surface area contributed by atoms with Crippen molar-refractivity contribution in [2.75, 3.05) is 0 Å². The van der Waals surface area contributed by atoms with Crippen LogP contribution in [0.4, 0.5) is 4.79 Å². The molecule has 1 heterocycles. The number of carbonyl (C=O) groups excluding carboxylic acids is 1. The number of carbonyl (C=O) groups is 1. The van der Waals surface area contributed by atoms with Crippen LogP contribution in [0.25, 0.3) is 0 Å². The van der Waals surface area contributed by atoms with Crippen LogP contribution in [0.1, 0.15) is 0 Å². The smallest absolute Gasteiger partial charge is 0.356 e. The van der Waals surface area contributed by atoms with Crippen LogP contribution in [-0.4, -0.2) is 35.9 Å². The minimum Gasteiger partial charge on any atom is -0.356 e. The van der Waals surface area contributed by atoms with Gasteiger partial charge in [0.25, 0.3) is 0 Å². The van der Waals surface area contributed by atoms with Gasteiger partial charge in [-0.3, -0.25) is 9.36 Å². The Morgan fingerprint density at radius 3 is 2.93 bits per heavy atom. The third-order valence-corrected chi connectivity index (χ3v) is 1.56. The molecule has 1 amide bonds. The summed E-state index contributed by atoms with van der Waals surface area (Å²) in [7, 11) is 4.94. The molecule has 14 heavy (non-hydrogen) atoms. The lowest BCUT2D eigenvalue weighted by Crippen LogP contribution is -2.34. The van der Waals surface area contributed by atoms with Gasteiger partial charge >= 0.3 is 6.92 Å². The van der Waals surface area contributed by atoms with Crippen LogP contribution >= 0.6 is 0 Å². The van der Waals surface area contributed by atoms with E-state index in [0.717, 1.165) is 0 Å². The van der Waals surface area contributed by atoms with Crippen molar-refractivity contribution in [3.8, 4) is 0 Å². The summed E-state index contributed by atoms with van der Waals surface area (Å²) < 4.78 is 6.05. The predicted octanol–water partition coefficient (Wildman–Crippen LogP) is -0.531. The average molecular weight is 190 g/mol. The van der Waals surface area contributed by atoms with E-state index in [1.165, 1.54) is 10.9 Å². The van der Waals surface area contributed by atoms with Crippen LogP contribution in [0, 0.1) is 0 Å². The minimum atomic E-state index is -0.808. The summed E-state index contributed by atoms with van der Waals surface area (Å²) in [5.74, 6) is 4.18. The number of aliphatic imine (C=N–C) groups is 1. The molecule has 0 aliphatic heterocycles. The lowest BCUT2D eigenvalue weighted by molar-refractivity contribution is 0.266. The Morgan fingerprint density at radius 2 is 2.50 bits per heavy atom. The van der Waals surface area contributed by atoms with Gasteiger partial charge in [-0.2, -0.15) is 0 Å². The maximum absolute atomic E-state index is 10.6. The maximum Gasteiger partial charge on any atom is 0.390 e. The zero-order chi connectivity index (χ0) is 10.6. The summed E-state index contributed by atoms with van der Waals surface area (Å²) in [6.45, 7) is 1.10. The Morgan fingerprint density at radius 1 is 1.79 bits per heavy atom. The summed E-state index contributed by atoms with van der Waals surface area (Å²) in [4.78, 5) is 18.0. The molecule has 0 aliphatic rings. The fourth-order valence-corrected chi connectivity index (χ4v) is 0.927. The molecule has 70 valence electrons. The first kappa shape index (κ1) is 10.7. The largest absolute Gasteiger partial charge is 0.390 e. The average Bonchev–Trinajstić information content (AvgIpc) is 2.65. The highest BCUT2D eigenvalue weighted by molar-refractivity contribution is 6.86. The molecule has 1 aromatic rings. The summed E-state index contributed by atoms with van der Waals surface area (Å²) in [5.41, 5.74) is 0.289. The van der Waals surface area contributed by atoms with Crippen LogP contribution in [0.3, 0.4) is 0 Å². The van der Waals surface area contributed by atoms with E-state index in [9.17, 15) is 4.79 Å². The Balaban J connectivity index is 3.00. The van der Waals surface area contributed by atoms with Gasteiger partial charge in [0.1, 0.15) is 5.73 Å². The molecule has 1 aromatic heterocycles. The lowest BCUT2D eigenvalue weighted by Gasteiger charge is -2.09. The van der Waals surface area contributed by atoms with Gasteiger partial charge in [0.15, 0.2) is 5.81 Å². The highest BCUT2D eigenvalue weighted by Gasteiger charge is 2.18. The van der Waals surface area contributed by atoms with E-state index in [4.69, 9.17) is 13.7 Å². The number of imidazole rings is 1. The fourth-order valence-electron chi connectivity index (χ4n) is 0.927. The molecule has 1 rings (SSSR count). The molecule has 0 bridgehead atoms. The van der Waals surface area contributed by atoms with Crippen molar-refractivity contribution in [2.24, 2.45) is 10.9 Å². The monoisotopic (exact) mass is 190 g/mol. The van der Waals surface area contributed by atoms with Gasteiger partial charge in [0.2, 0.25) is 7.85 Å². The standard InChI is InChI=1S/C6H8B2N4O2/c1-8(14-9)6(11-5(7)13)12-3-2-10-4-12/h2-4H,9H2,1H3/b11-6-.